The SMILES string of the molecule is CCn1ccc2cccc(-n3nncc3-c3ccc(OC)cc3)c21. The number of fused-ring (bicyclic) bond motifs is 1. The molecule has 4 rings (SSSR count). The van der Waals surface area contributed by atoms with Gasteiger partial charge in [-0.15, -0.1) is 5.10 Å². The van der Waals surface area contributed by atoms with E-state index in [9.17, 15) is 0 Å². The second-order valence-corrected chi connectivity index (χ2v) is 5.58. The Labute approximate surface area is 140 Å². The molecule has 0 atom stereocenters. The summed E-state index contributed by atoms with van der Waals surface area (Å²) in [6, 6.07) is 16.3. The van der Waals surface area contributed by atoms with Gasteiger partial charge in [0.05, 0.1) is 30.2 Å². The maximum absolute atomic E-state index is 5.24. The lowest BCUT2D eigenvalue weighted by atomic mass is 10.1. The van der Waals surface area contributed by atoms with E-state index in [-0.39, 0.29) is 0 Å². The first-order valence-corrected chi connectivity index (χ1v) is 7.95. The van der Waals surface area contributed by atoms with Gasteiger partial charge in [0.25, 0.3) is 0 Å². The van der Waals surface area contributed by atoms with Gasteiger partial charge < -0.3 is 9.30 Å². The maximum atomic E-state index is 5.24. The molecule has 0 radical (unpaired) electrons. The second-order valence-electron chi connectivity index (χ2n) is 5.58. The summed E-state index contributed by atoms with van der Waals surface area (Å²) in [7, 11) is 1.67. The number of methoxy groups -OCH3 is 1. The summed E-state index contributed by atoms with van der Waals surface area (Å²) in [6.45, 7) is 3.05. The van der Waals surface area contributed by atoms with Crippen LogP contribution in [0.1, 0.15) is 6.92 Å². The van der Waals surface area contributed by atoms with Crippen LogP contribution in [0.4, 0.5) is 0 Å². The van der Waals surface area contributed by atoms with E-state index in [1.165, 1.54) is 10.9 Å². The third-order valence-corrected chi connectivity index (χ3v) is 4.27. The van der Waals surface area contributed by atoms with Gasteiger partial charge in [-0.3, -0.25) is 0 Å². The molecule has 0 unspecified atom stereocenters. The van der Waals surface area contributed by atoms with Crippen molar-refractivity contribution < 1.29 is 4.74 Å². The van der Waals surface area contributed by atoms with Gasteiger partial charge in [-0.1, -0.05) is 17.3 Å². The summed E-state index contributed by atoms with van der Waals surface area (Å²) in [5.74, 6) is 0.833. The van der Waals surface area contributed by atoms with E-state index in [1.54, 1.807) is 13.3 Å². The van der Waals surface area contributed by atoms with Crippen molar-refractivity contribution in [1.82, 2.24) is 19.6 Å². The summed E-state index contributed by atoms with van der Waals surface area (Å²) < 4.78 is 9.36. The molecule has 5 nitrogen and oxygen atoms in total. The minimum Gasteiger partial charge on any atom is -0.497 e. The zero-order valence-corrected chi connectivity index (χ0v) is 13.7. The summed E-state index contributed by atoms with van der Waals surface area (Å²) in [6.07, 6.45) is 3.90. The highest BCUT2D eigenvalue weighted by Crippen LogP contribution is 2.28. The number of benzene rings is 2. The molecule has 0 bridgehead atoms. The minimum absolute atomic E-state index is 0.833. The number of para-hydroxylation sites is 1. The molecule has 0 fully saturated rings. The number of rotatable bonds is 4. The number of ether oxygens (including phenoxy) is 1. The first-order chi connectivity index (χ1) is 11.8. The van der Waals surface area contributed by atoms with E-state index in [4.69, 9.17) is 4.74 Å². The Balaban J connectivity index is 1.90. The molecule has 2 aromatic carbocycles. The first-order valence-electron chi connectivity index (χ1n) is 7.95. The Kier molecular flexibility index (Phi) is 3.54. The first kappa shape index (κ1) is 14.5. The fourth-order valence-corrected chi connectivity index (χ4v) is 3.05. The van der Waals surface area contributed by atoms with Gasteiger partial charge in [0.15, 0.2) is 0 Å². The predicted molar refractivity (Wildman–Crippen MR) is 94.5 cm³/mol. The molecular weight excluding hydrogens is 300 g/mol. The summed E-state index contributed by atoms with van der Waals surface area (Å²) in [5.41, 5.74) is 4.20. The van der Waals surface area contributed by atoms with E-state index >= 15 is 0 Å². The lowest BCUT2D eigenvalue weighted by Crippen LogP contribution is -2.03. The lowest BCUT2D eigenvalue weighted by Gasteiger charge is -2.11. The molecule has 0 saturated carbocycles. The molecule has 0 spiro atoms. The average Bonchev–Trinajstić information content (AvgIpc) is 3.28. The van der Waals surface area contributed by atoms with Crippen LogP contribution in [-0.2, 0) is 6.54 Å². The fourth-order valence-electron chi connectivity index (χ4n) is 3.05. The Hall–Kier alpha value is -3.08. The van der Waals surface area contributed by atoms with Gasteiger partial charge >= 0.3 is 0 Å². The van der Waals surface area contributed by atoms with Crippen LogP contribution >= 0.6 is 0 Å². The maximum Gasteiger partial charge on any atom is 0.118 e. The number of nitrogens with zero attached hydrogens (tertiary/aromatic N) is 4. The van der Waals surface area contributed by atoms with Crippen LogP contribution < -0.4 is 4.74 Å². The average molecular weight is 318 g/mol. The molecule has 2 aromatic heterocycles. The molecule has 0 saturated heterocycles. The summed E-state index contributed by atoms with van der Waals surface area (Å²) in [5, 5.41) is 9.67. The second kappa shape index (κ2) is 5.85. The van der Waals surface area contributed by atoms with E-state index in [1.807, 2.05) is 28.9 Å². The third-order valence-electron chi connectivity index (χ3n) is 4.27. The molecule has 0 aliphatic heterocycles. The van der Waals surface area contributed by atoms with Crippen molar-refractivity contribution in [3.8, 4) is 22.7 Å². The molecule has 4 aromatic rings. The van der Waals surface area contributed by atoms with Crippen LogP contribution in [0.3, 0.4) is 0 Å². The van der Waals surface area contributed by atoms with Crippen LogP contribution in [0, 0.1) is 0 Å². The smallest absolute Gasteiger partial charge is 0.118 e. The van der Waals surface area contributed by atoms with E-state index in [0.717, 1.165) is 29.2 Å². The molecule has 120 valence electrons. The zero-order valence-electron chi connectivity index (χ0n) is 13.7. The van der Waals surface area contributed by atoms with Crippen LogP contribution in [0.5, 0.6) is 5.75 Å². The highest BCUT2D eigenvalue weighted by atomic mass is 16.5. The number of hydrogen-bond acceptors (Lipinski definition) is 3. The van der Waals surface area contributed by atoms with Gasteiger partial charge in [-0.25, -0.2) is 4.68 Å². The lowest BCUT2D eigenvalue weighted by molar-refractivity contribution is 0.415. The zero-order chi connectivity index (χ0) is 16.5. The minimum atomic E-state index is 0.833. The third kappa shape index (κ3) is 2.25. The molecular formula is C19H18N4O. The van der Waals surface area contributed by atoms with Crippen molar-refractivity contribution >= 4 is 10.9 Å². The van der Waals surface area contributed by atoms with Crippen LogP contribution in [0.25, 0.3) is 27.8 Å². The van der Waals surface area contributed by atoms with Crippen molar-refractivity contribution in [1.29, 1.82) is 0 Å². The molecule has 0 aliphatic carbocycles. The van der Waals surface area contributed by atoms with Gasteiger partial charge in [0.1, 0.15) is 5.75 Å². The number of aryl methyl sites for hydroxylation is 1. The van der Waals surface area contributed by atoms with Gasteiger partial charge in [-0.05, 0) is 43.3 Å². The van der Waals surface area contributed by atoms with Crippen molar-refractivity contribution in [2.24, 2.45) is 0 Å². The van der Waals surface area contributed by atoms with Crippen molar-refractivity contribution in [3.05, 3.63) is 60.9 Å². The van der Waals surface area contributed by atoms with Crippen molar-refractivity contribution in [2.45, 2.75) is 13.5 Å². The Morgan fingerprint density at radius 1 is 1.04 bits per heavy atom. The van der Waals surface area contributed by atoms with Crippen molar-refractivity contribution in [3.63, 3.8) is 0 Å². The van der Waals surface area contributed by atoms with E-state index in [0.29, 0.717) is 0 Å². The van der Waals surface area contributed by atoms with Gasteiger partial charge in [0, 0.05) is 23.7 Å². The Bertz CT molecular complexity index is 982. The predicted octanol–water partition coefficient (Wildman–Crippen LogP) is 3.92. The molecule has 0 aliphatic rings. The van der Waals surface area contributed by atoms with Gasteiger partial charge in [-0.2, -0.15) is 0 Å². The monoisotopic (exact) mass is 318 g/mol. The molecule has 0 amide bonds. The standard InChI is InChI=1S/C19H18N4O/c1-3-22-12-11-15-5-4-6-17(19(15)22)23-18(13-20-21-23)14-7-9-16(24-2)10-8-14/h4-13H,3H2,1-2H3. The van der Waals surface area contributed by atoms with E-state index in [2.05, 4.69) is 52.3 Å². The molecule has 24 heavy (non-hydrogen) atoms. The molecule has 5 heteroatoms. The molecule has 0 N–H and O–H groups in total. The quantitative estimate of drug-likeness (QED) is 0.573. The highest BCUT2D eigenvalue weighted by molar-refractivity contribution is 5.88. The van der Waals surface area contributed by atoms with Crippen LogP contribution in [0.2, 0.25) is 0 Å². The summed E-state index contributed by atoms with van der Waals surface area (Å²) >= 11 is 0. The number of hydrogen-bond donors (Lipinski definition) is 0. The normalized spacial score (nSPS) is 11.1. The highest BCUT2D eigenvalue weighted by Gasteiger charge is 2.13. The Morgan fingerprint density at radius 3 is 2.62 bits per heavy atom. The van der Waals surface area contributed by atoms with Gasteiger partial charge in [0.2, 0.25) is 0 Å². The summed E-state index contributed by atoms with van der Waals surface area (Å²) in [4.78, 5) is 0. The fraction of sp³-hybridized carbons (Fsp3) is 0.158. The molecule has 2 heterocycles. The van der Waals surface area contributed by atoms with Crippen LogP contribution in [-0.4, -0.2) is 26.7 Å². The number of aromatic nitrogens is 4. The van der Waals surface area contributed by atoms with E-state index < -0.39 is 0 Å². The van der Waals surface area contributed by atoms with Crippen LogP contribution in [0.15, 0.2) is 60.9 Å². The topological polar surface area (TPSA) is 44.9 Å². The Morgan fingerprint density at radius 2 is 1.88 bits per heavy atom. The van der Waals surface area contributed by atoms with Crippen molar-refractivity contribution in [2.75, 3.05) is 7.11 Å². The largest absolute Gasteiger partial charge is 0.497 e.